The van der Waals surface area contributed by atoms with Crippen LogP contribution in [0.3, 0.4) is 0 Å². The molecule has 3 heteroatoms. The predicted octanol–water partition coefficient (Wildman–Crippen LogP) is 3.38. The van der Waals surface area contributed by atoms with Crippen molar-refractivity contribution >= 4 is 27.2 Å². The normalized spacial score (nSPS) is 10.8. The molecule has 0 spiro atoms. The standard InChI is InChI=1S/C16H14NOS/c1-12-6-8-17(9-7-12)11-14(18)16-10-13-4-2-3-5-15(13)19-16/h2-10H,11H2,1H3/q+1. The number of aryl methyl sites for hydroxylation is 1. The van der Waals surface area contributed by atoms with Crippen LogP contribution in [-0.2, 0) is 6.54 Å². The Kier molecular flexibility index (Phi) is 3.13. The van der Waals surface area contributed by atoms with Gasteiger partial charge in [-0.15, -0.1) is 11.3 Å². The Morgan fingerprint density at radius 1 is 1.16 bits per heavy atom. The summed E-state index contributed by atoms with van der Waals surface area (Å²) in [5.74, 6) is 0.162. The van der Waals surface area contributed by atoms with Crippen LogP contribution in [0, 0.1) is 6.92 Å². The van der Waals surface area contributed by atoms with Gasteiger partial charge in [-0.1, -0.05) is 18.2 Å². The summed E-state index contributed by atoms with van der Waals surface area (Å²) in [5, 5.41) is 1.14. The molecule has 0 amide bonds. The van der Waals surface area contributed by atoms with Crippen molar-refractivity contribution in [2.24, 2.45) is 0 Å². The molecule has 3 rings (SSSR count). The van der Waals surface area contributed by atoms with Crippen molar-refractivity contribution in [2.75, 3.05) is 0 Å². The number of thiophene rings is 1. The van der Waals surface area contributed by atoms with Crippen LogP contribution >= 0.6 is 11.3 Å². The lowest BCUT2D eigenvalue weighted by Crippen LogP contribution is -2.36. The first-order valence-electron chi connectivity index (χ1n) is 6.20. The molecule has 1 aromatic carbocycles. The first-order chi connectivity index (χ1) is 9.22. The van der Waals surface area contributed by atoms with Crippen molar-refractivity contribution < 1.29 is 9.36 Å². The van der Waals surface area contributed by atoms with E-state index in [0.29, 0.717) is 6.54 Å². The first-order valence-corrected chi connectivity index (χ1v) is 7.01. The van der Waals surface area contributed by atoms with Gasteiger partial charge in [-0.3, -0.25) is 4.79 Å². The summed E-state index contributed by atoms with van der Waals surface area (Å²) in [5.41, 5.74) is 1.20. The number of fused-ring (bicyclic) bond motifs is 1. The van der Waals surface area contributed by atoms with Gasteiger partial charge in [-0.25, -0.2) is 0 Å². The van der Waals surface area contributed by atoms with Gasteiger partial charge in [0.05, 0.1) is 4.88 Å². The minimum atomic E-state index is 0.162. The van der Waals surface area contributed by atoms with Gasteiger partial charge in [0.2, 0.25) is 12.3 Å². The van der Waals surface area contributed by atoms with Crippen LogP contribution in [0.5, 0.6) is 0 Å². The second kappa shape index (κ2) is 4.94. The highest BCUT2D eigenvalue weighted by molar-refractivity contribution is 7.20. The molecular formula is C16H14NOS+. The molecule has 3 aromatic rings. The van der Waals surface area contributed by atoms with E-state index in [1.54, 1.807) is 11.3 Å². The maximum Gasteiger partial charge on any atom is 0.237 e. The number of Topliss-reactive ketones (excluding diaryl/α,β-unsaturated/α-hetero) is 1. The third kappa shape index (κ3) is 2.56. The maximum atomic E-state index is 12.3. The van der Waals surface area contributed by atoms with E-state index in [4.69, 9.17) is 0 Å². The molecule has 0 bridgehead atoms. The van der Waals surface area contributed by atoms with Gasteiger partial charge in [0, 0.05) is 16.8 Å². The van der Waals surface area contributed by atoms with E-state index in [-0.39, 0.29) is 5.78 Å². The third-order valence-corrected chi connectivity index (χ3v) is 4.24. The topological polar surface area (TPSA) is 20.9 Å². The number of carbonyl (C=O) groups is 1. The molecule has 0 N–H and O–H groups in total. The molecular weight excluding hydrogens is 254 g/mol. The Bertz CT molecular complexity index is 695. The summed E-state index contributed by atoms with van der Waals surface area (Å²) in [6.07, 6.45) is 3.89. The van der Waals surface area contributed by atoms with Crippen LogP contribution < -0.4 is 4.57 Å². The number of ketones is 1. The van der Waals surface area contributed by atoms with Crippen LogP contribution in [0.15, 0.2) is 54.9 Å². The fourth-order valence-corrected chi connectivity index (χ4v) is 2.99. The molecule has 0 aliphatic heterocycles. The summed E-state index contributed by atoms with van der Waals surface area (Å²) in [4.78, 5) is 13.1. The third-order valence-electron chi connectivity index (χ3n) is 3.08. The molecule has 0 fully saturated rings. The first kappa shape index (κ1) is 12.1. The van der Waals surface area contributed by atoms with Crippen molar-refractivity contribution in [1.82, 2.24) is 0 Å². The highest BCUT2D eigenvalue weighted by Gasteiger charge is 2.14. The molecule has 0 saturated carbocycles. The Morgan fingerprint density at radius 3 is 2.63 bits per heavy atom. The van der Waals surface area contributed by atoms with Gasteiger partial charge in [0.1, 0.15) is 0 Å². The Hall–Kier alpha value is -2.00. The van der Waals surface area contributed by atoms with E-state index >= 15 is 0 Å². The summed E-state index contributed by atoms with van der Waals surface area (Å²) in [7, 11) is 0. The molecule has 0 unspecified atom stereocenters. The van der Waals surface area contributed by atoms with Crippen LogP contribution in [0.1, 0.15) is 15.2 Å². The molecule has 19 heavy (non-hydrogen) atoms. The maximum absolute atomic E-state index is 12.3. The summed E-state index contributed by atoms with van der Waals surface area (Å²) in [6, 6.07) is 14.1. The van der Waals surface area contributed by atoms with Crippen LogP contribution in [0.25, 0.3) is 10.1 Å². The van der Waals surface area contributed by atoms with E-state index in [9.17, 15) is 4.79 Å². The lowest BCUT2D eigenvalue weighted by Gasteiger charge is -1.95. The number of rotatable bonds is 3. The van der Waals surface area contributed by atoms with Gasteiger partial charge in [-0.2, -0.15) is 4.57 Å². The molecule has 0 aliphatic carbocycles. The van der Waals surface area contributed by atoms with Gasteiger partial charge in [0.15, 0.2) is 12.4 Å². The zero-order valence-corrected chi connectivity index (χ0v) is 11.5. The van der Waals surface area contributed by atoms with Crippen LogP contribution in [-0.4, -0.2) is 5.78 Å². The Morgan fingerprint density at radius 2 is 1.89 bits per heavy atom. The minimum absolute atomic E-state index is 0.162. The second-order valence-corrected chi connectivity index (χ2v) is 5.70. The average molecular weight is 268 g/mol. The van der Waals surface area contributed by atoms with E-state index in [2.05, 4.69) is 6.07 Å². The molecule has 2 heterocycles. The van der Waals surface area contributed by atoms with E-state index < -0.39 is 0 Å². The number of nitrogens with zero attached hydrogens (tertiary/aromatic N) is 1. The number of benzene rings is 1. The van der Waals surface area contributed by atoms with Gasteiger partial charge in [-0.05, 0) is 30.0 Å². The lowest BCUT2D eigenvalue weighted by molar-refractivity contribution is -0.683. The molecule has 0 radical (unpaired) electrons. The number of pyridine rings is 1. The molecule has 0 saturated heterocycles. The number of hydrogen-bond donors (Lipinski definition) is 0. The number of carbonyl (C=O) groups excluding carboxylic acids is 1. The summed E-state index contributed by atoms with van der Waals surface area (Å²) in [6.45, 7) is 2.44. The predicted molar refractivity (Wildman–Crippen MR) is 77.5 cm³/mol. The van der Waals surface area contributed by atoms with Gasteiger partial charge < -0.3 is 0 Å². The van der Waals surface area contributed by atoms with Crippen molar-refractivity contribution in [1.29, 1.82) is 0 Å². The lowest BCUT2D eigenvalue weighted by atomic mass is 10.2. The zero-order chi connectivity index (χ0) is 13.2. The average Bonchev–Trinajstić information content (AvgIpc) is 2.85. The fraction of sp³-hybridized carbons (Fsp3) is 0.125. The molecule has 0 aliphatic rings. The minimum Gasteiger partial charge on any atom is -0.286 e. The Labute approximate surface area is 115 Å². The van der Waals surface area contributed by atoms with Crippen molar-refractivity contribution in [3.05, 3.63) is 65.3 Å². The van der Waals surface area contributed by atoms with Crippen LogP contribution in [0.4, 0.5) is 0 Å². The van der Waals surface area contributed by atoms with Crippen LogP contribution in [0.2, 0.25) is 0 Å². The Balaban J connectivity index is 1.85. The SMILES string of the molecule is Cc1cc[n+](CC(=O)c2cc3ccccc3s2)cc1. The fourth-order valence-electron chi connectivity index (χ4n) is 2.00. The number of aromatic nitrogens is 1. The van der Waals surface area contributed by atoms with Crippen molar-refractivity contribution in [2.45, 2.75) is 13.5 Å². The summed E-state index contributed by atoms with van der Waals surface area (Å²) >= 11 is 1.56. The molecule has 0 atom stereocenters. The van der Waals surface area contributed by atoms with Crippen molar-refractivity contribution in [3.63, 3.8) is 0 Å². The van der Waals surface area contributed by atoms with E-state index in [0.717, 1.165) is 10.3 Å². The monoisotopic (exact) mass is 268 g/mol. The van der Waals surface area contributed by atoms with Crippen molar-refractivity contribution in [3.8, 4) is 0 Å². The molecule has 2 aromatic heterocycles. The summed E-state index contributed by atoms with van der Waals surface area (Å²) < 4.78 is 3.08. The van der Waals surface area contributed by atoms with Gasteiger partial charge in [0.25, 0.3) is 0 Å². The quantitative estimate of drug-likeness (QED) is 0.527. The molecule has 94 valence electrons. The van der Waals surface area contributed by atoms with E-state index in [1.165, 1.54) is 10.3 Å². The zero-order valence-electron chi connectivity index (χ0n) is 10.7. The highest BCUT2D eigenvalue weighted by atomic mass is 32.1. The highest BCUT2D eigenvalue weighted by Crippen LogP contribution is 2.25. The van der Waals surface area contributed by atoms with E-state index in [1.807, 2.05) is 60.3 Å². The molecule has 2 nitrogen and oxygen atoms in total. The largest absolute Gasteiger partial charge is 0.286 e. The smallest absolute Gasteiger partial charge is 0.237 e. The van der Waals surface area contributed by atoms with Gasteiger partial charge >= 0.3 is 0 Å². The second-order valence-electron chi connectivity index (χ2n) is 4.62. The number of hydrogen-bond acceptors (Lipinski definition) is 2.